The summed E-state index contributed by atoms with van der Waals surface area (Å²) in [6, 6.07) is 5.27. The quantitative estimate of drug-likeness (QED) is 0.587. The van der Waals surface area contributed by atoms with Crippen LogP contribution in [0.3, 0.4) is 0 Å². The van der Waals surface area contributed by atoms with Gasteiger partial charge < -0.3 is 15.5 Å². The Morgan fingerprint density at radius 2 is 1.69 bits per heavy atom. The van der Waals surface area contributed by atoms with Gasteiger partial charge in [0.1, 0.15) is 0 Å². The van der Waals surface area contributed by atoms with Crippen molar-refractivity contribution in [2.45, 2.75) is 16.8 Å². The van der Waals surface area contributed by atoms with Crippen LogP contribution in [0.25, 0.3) is 0 Å². The second-order valence-electron chi connectivity index (χ2n) is 5.75. The number of hydrogen-bond acceptors (Lipinski definition) is 6. The molecule has 11 heteroatoms. The molecule has 0 aliphatic heterocycles. The van der Waals surface area contributed by atoms with Crippen molar-refractivity contribution in [2.75, 3.05) is 31.3 Å². The summed E-state index contributed by atoms with van der Waals surface area (Å²) in [6.07, 6.45) is 0. The molecule has 0 saturated carbocycles. The maximum atomic E-state index is 6.02. The van der Waals surface area contributed by atoms with E-state index in [0.29, 0.717) is 22.3 Å². The number of alkyl halides is 3. The Labute approximate surface area is 177 Å². The van der Waals surface area contributed by atoms with E-state index in [0.717, 1.165) is 0 Å². The fraction of sp³-hybridized carbons (Fsp3) is 0.400. The molecule has 1 aromatic carbocycles. The van der Waals surface area contributed by atoms with Crippen LogP contribution in [-0.2, 0) is 3.79 Å². The summed E-state index contributed by atoms with van der Waals surface area (Å²) in [5.74, 6) is 0.498. The molecule has 2 N–H and O–H groups in total. The largest absolute Gasteiger partial charge is 0.353 e. The first-order chi connectivity index (χ1) is 12.1. The zero-order valence-corrected chi connectivity index (χ0v) is 18.0. The lowest BCUT2D eigenvalue weighted by Crippen LogP contribution is -2.32. The van der Waals surface area contributed by atoms with Crippen LogP contribution in [0.2, 0.25) is 10.0 Å². The van der Waals surface area contributed by atoms with Crippen LogP contribution in [0.15, 0.2) is 18.2 Å². The summed E-state index contributed by atoms with van der Waals surface area (Å²) in [4.78, 5) is 14.7. The SMILES string of the molecule is C[C@@H](CNc1nc(Nc2ccc(Cl)c(Cl)c2)nc(C(Cl)(Cl)Cl)n1)N(C)C. The third-order valence-electron chi connectivity index (χ3n) is 3.50. The molecule has 1 aromatic heterocycles. The molecule has 2 aromatic rings. The molecular weight excluding hydrogens is 441 g/mol. The van der Waals surface area contributed by atoms with E-state index in [1.54, 1.807) is 18.2 Å². The highest BCUT2D eigenvalue weighted by Gasteiger charge is 2.28. The zero-order chi connectivity index (χ0) is 19.5. The third kappa shape index (κ3) is 6.15. The van der Waals surface area contributed by atoms with Crippen molar-refractivity contribution in [3.05, 3.63) is 34.1 Å². The Kier molecular flexibility index (Phi) is 7.42. The van der Waals surface area contributed by atoms with Gasteiger partial charge in [-0.1, -0.05) is 58.0 Å². The number of hydrogen-bond donors (Lipinski definition) is 2. The molecule has 0 aliphatic rings. The van der Waals surface area contributed by atoms with Crippen molar-refractivity contribution < 1.29 is 0 Å². The van der Waals surface area contributed by atoms with Crippen LogP contribution in [0.5, 0.6) is 0 Å². The summed E-state index contributed by atoms with van der Waals surface area (Å²) in [5.41, 5.74) is 0.633. The highest BCUT2D eigenvalue weighted by molar-refractivity contribution is 6.66. The maximum Gasteiger partial charge on any atom is 0.250 e. The Balaban J connectivity index is 2.29. The summed E-state index contributed by atoms with van der Waals surface area (Å²) in [6.45, 7) is 2.65. The zero-order valence-electron chi connectivity index (χ0n) is 14.2. The van der Waals surface area contributed by atoms with Crippen molar-refractivity contribution in [3.63, 3.8) is 0 Å². The fourth-order valence-corrected chi connectivity index (χ4v) is 2.31. The van der Waals surface area contributed by atoms with E-state index in [4.69, 9.17) is 58.0 Å². The standard InChI is InChI=1S/C15H17Cl5N6/c1-8(26(2)3)7-21-13-23-12(15(18,19)20)24-14(25-13)22-9-4-5-10(16)11(17)6-9/h4-6,8H,7H2,1-3H3,(H2,21,22,23,24,25)/t8-/m0/s1. The van der Waals surface area contributed by atoms with Gasteiger partial charge in [0, 0.05) is 18.3 Å². The van der Waals surface area contributed by atoms with E-state index in [2.05, 4.69) is 37.4 Å². The van der Waals surface area contributed by atoms with Crippen LogP contribution in [0.1, 0.15) is 12.7 Å². The number of aromatic nitrogens is 3. The summed E-state index contributed by atoms with van der Waals surface area (Å²) in [7, 11) is 3.95. The molecule has 1 heterocycles. The molecule has 142 valence electrons. The van der Waals surface area contributed by atoms with Gasteiger partial charge in [0.05, 0.1) is 10.0 Å². The highest BCUT2D eigenvalue weighted by Crippen LogP contribution is 2.36. The Bertz CT molecular complexity index is 765. The molecule has 0 unspecified atom stereocenters. The van der Waals surface area contributed by atoms with E-state index < -0.39 is 3.79 Å². The van der Waals surface area contributed by atoms with Crippen molar-refractivity contribution in [1.82, 2.24) is 19.9 Å². The summed E-state index contributed by atoms with van der Waals surface area (Å²) < 4.78 is -1.79. The first-order valence-corrected chi connectivity index (χ1v) is 9.41. The van der Waals surface area contributed by atoms with Gasteiger partial charge in [-0.15, -0.1) is 0 Å². The second kappa shape index (κ2) is 8.95. The lowest BCUT2D eigenvalue weighted by Gasteiger charge is -2.20. The topological polar surface area (TPSA) is 66.0 Å². The minimum Gasteiger partial charge on any atom is -0.353 e. The Hall–Kier alpha value is -0.760. The molecule has 26 heavy (non-hydrogen) atoms. The molecule has 0 amide bonds. The van der Waals surface area contributed by atoms with Crippen LogP contribution in [0, 0.1) is 0 Å². The second-order valence-corrected chi connectivity index (χ2v) is 8.85. The van der Waals surface area contributed by atoms with Crippen LogP contribution in [0.4, 0.5) is 17.6 Å². The normalized spacial score (nSPS) is 13.0. The average molecular weight is 459 g/mol. The number of halogens is 5. The highest BCUT2D eigenvalue weighted by atomic mass is 35.6. The molecule has 1 atom stereocenters. The van der Waals surface area contributed by atoms with Gasteiger partial charge >= 0.3 is 0 Å². The van der Waals surface area contributed by atoms with Gasteiger partial charge in [0.25, 0.3) is 0 Å². The predicted octanol–water partition coefficient (Wildman–Crippen LogP) is 5.11. The number of nitrogens with one attached hydrogen (secondary N) is 2. The minimum absolute atomic E-state index is 0.0000617. The molecule has 0 aliphatic carbocycles. The number of benzene rings is 1. The van der Waals surface area contributed by atoms with Crippen molar-refractivity contribution >= 4 is 75.6 Å². The van der Waals surface area contributed by atoms with Gasteiger partial charge in [-0.2, -0.15) is 15.0 Å². The molecule has 0 fully saturated rings. The van der Waals surface area contributed by atoms with Crippen molar-refractivity contribution in [1.29, 1.82) is 0 Å². The van der Waals surface area contributed by atoms with E-state index in [9.17, 15) is 0 Å². The third-order valence-corrected chi connectivity index (χ3v) is 4.75. The van der Waals surface area contributed by atoms with Crippen LogP contribution in [-0.4, -0.2) is 46.5 Å². The molecular formula is C15H17Cl5N6. The lowest BCUT2D eigenvalue weighted by molar-refractivity contribution is 0.325. The average Bonchev–Trinajstić information content (AvgIpc) is 2.55. The molecule has 0 saturated heterocycles. The van der Waals surface area contributed by atoms with E-state index in [-0.39, 0.29) is 23.8 Å². The first-order valence-electron chi connectivity index (χ1n) is 7.52. The van der Waals surface area contributed by atoms with Gasteiger partial charge in [-0.25, -0.2) is 0 Å². The monoisotopic (exact) mass is 456 g/mol. The van der Waals surface area contributed by atoms with Crippen molar-refractivity contribution in [3.8, 4) is 0 Å². The summed E-state index contributed by atoms with van der Waals surface area (Å²) in [5, 5.41) is 6.96. The number of nitrogens with zero attached hydrogens (tertiary/aromatic N) is 4. The molecule has 0 spiro atoms. The summed E-state index contributed by atoms with van der Waals surface area (Å²) >= 11 is 29.8. The van der Waals surface area contributed by atoms with Crippen LogP contribution < -0.4 is 10.6 Å². The van der Waals surface area contributed by atoms with Crippen LogP contribution >= 0.6 is 58.0 Å². The maximum absolute atomic E-state index is 6.02. The first kappa shape index (κ1) is 21.5. The predicted molar refractivity (Wildman–Crippen MR) is 110 cm³/mol. The van der Waals surface area contributed by atoms with Crippen molar-refractivity contribution in [2.24, 2.45) is 0 Å². The number of anilines is 3. The van der Waals surface area contributed by atoms with Gasteiger partial charge in [-0.3, -0.25) is 0 Å². The Morgan fingerprint density at radius 3 is 2.27 bits per heavy atom. The van der Waals surface area contributed by atoms with E-state index >= 15 is 0 Å². The fourth-order valence-electron chi connectivity index (χ4n) is 1.76. The lowest BCUT2D eigenvalue weighted by atomic mass is 10.3. The smallest absolute Gasteiger partial charge is 0.250 e. The minimum atomic E-state index is -1.79. The molecule has 6 nitrogen and oxygen atoms in total. The Morgan fingerprint density at radius 1 is 1.04 bits per heavy atom. The van der Waals surface area contributed by atoms with Gasteiger partial charge in [-0.05, 0) is 39.2 Å². The van der Waals surface area contributed by atoms with Gasteiger partial charge in [0.2, 0.25) is 15.7 Å². The van der Waals surface area contributed by atoms with E-state index in [1.807, 2.05) is 14.1 Å². The van der Waals surface area contributed by atoms with Gasteiger partial charge in [0.15, 0.2) is 5.82 Å². The number of likely N-dealkylation sites (N-methyl/N-ethyl adjacent to an activating group) is 1. The molecule has 2 rings (SSSR count). The molecule has 0 radical (unpaired) electrons. The number of rotatable bonds is 6. The molecule has 0 bridgehead atoms. The van der Waals surface area contributed by atoms with E-state index in [1.165, 1.54) is 0 Å².